The molecule has 0 bridgehead atoms. The Balaban J connectivity index is 1.91. The second-order valence-corrected chi connectivity index (χ2v) is 5.37. The number of anilines is 1. The van der Waals surface area contributed by atoms with E-state index in [9.17, 15) is 5.11 Å². The molecule has 2 N–H and O–H groups in total. The third kappa shape index (κ3) is 2.49. The molecule has 2 rings (SSSR count). The van der Waals surface area contributed by atoms with Crippen molar-refractivity contribution in [2.75, 3.05) is 18.5 Å². The zero-order valence-corrected chi connectivity index (χ0v) is 9.94. The van der Waals surface area contributed by atoms with Crippen molar-refractivity contribution in [2.45, 2.75) is 32.6 Å². The monoisotopic (exact) mass is 226 g/mol. The van der Waals surface area contributed by atoms with E-state index in [-0.39, 0.29) is 5.41 Å². The molecule has 1 heterocycles. The Morgan fingerprint density at radius 3 is 2.80 bits per heavy atom. The average Bonchev–Trinajstić information content (AvgIpc) is 2.85. The van der Waals surface area contributed by atoms with Crippen LogP contribution in [0.4, 0.5) is 5.13 Å². The summed E-state index contributed by atoms with van der Waals surface area (Å²) in [6, 6.07) is 0. The molecule has 84 valence electrons. The van der Waals surface area contributed by atoms with Crippen molar-refractivity contribution in [3.8, 4) is 0 Å². The van der Waals surface area contributed by atoms with Gasteiger partial charge in [0.1, 0.15) is 0 Å². The van der Waals surface area contributed by atoms with Gasteiger partial charge in [-0.15, -0.1) is 11.3 Å². The van der Waals surface area contributed by atoms with E-state index in [0.717, 1.165) is 30.2 Å². The molecule has 1 aliphatic rings. The van der Waals surface area contributed by atoms with E-state index >= 15 is 0 Å². The van der Waals surface area contributed by atoms with Crippen molar-refractivity contribution in [3.05, 3.63) is 11.1 Å². The first-order valence-corrected chi connectivity index (χ1v) is 6.39. The van der Waals surface area contributed by atoms with E-state index in [0.29, 0.717) is 6.61 Å². The minimum atomic E-state index is 0.111. The van der Waals surface area contributed by atoms with Crippen LogP contribution >= 0.6 is 11.3 Å². The van der Waals surface area contributed by atoms with Gasteiger partial charge in [-0.3, -0.25) is 0 Å². The maximum atomic E-state index is 9.44. The Hall–Kier alpha value is -0.610. The van der Waals surface area contributed by atoms with E-state index in [4.69, 9.17) is 0 Å². The van der Waals surface area contributed by atoms with Gasteiger partial charge in [0.15, 0.2) is 5.13 Å². The normalized spacial score (nSPS) is 19.3. The van der Waals surface area contributed by atoms with Gasteiger partial charge in [0.05, 0.1) is 12.3 Å². The van der Waals surface area contributed by atoms with Crippen molar-refractivity contribution in [1.82, 2.24) is 4.98 Å². The van der Waals surface area contributed by atoms with E-state index in [1.54, 1.807) is 11.3 Å². The quantitative estimate of drug-likeness (QED) is 0.828. The molecular weight excluding hydrogens is 208 g/mol. The summed E-state index contributed by atoms with van der Waals surface area (Å²) in [4.78, 5) is 4.36. The Morgan fingerprint density at radius 2 is 2.27 bits per heavy atom. The molecule has 4 heteroatoms. The van der Waals surface area contributed by atoms with Crippen LogP contribution < -0.4 is 5.32 Å². The number of aryl methyl sites for hydroxylation is 1. The lowest BCUT2D eigenvalue weighted by Crippen LogP contribution is -2.30. The second kappa shape index (κ2) is 4.49. The Labute approximate surface area is 94.5 Å². The molecule has 1 aromatic rings. The molecule has 0 amide bonds. The SMILES string of the molecule is Cc1csc(NCC2(CO)CCCC2)n1. The van der Waals surface area contributed by atoms with Gasteiger partial charge in [-0.1, -0.05) is 12.8 Å². The predicted molar refractivity (Wildman–Crippen MR) is 63.3 cm³/mol. The fraction of sp³-hybridized carbons (Fsp3) is 0.727. The first kappa shape index (κ1) is 10.9. The zero-order valence-electron chi connectivity index (χ0n) is 9.12. The van der Waals surface area contributed by atoms with Gasteiger partial charge in [-0.25, -0.2) is 4.98 Å². The van der Waals surface area contributed by atoms with Crippen LogP contribution in [0.25, 0.3) is 0 Å². The number of aliphatic hydroxyl groups is 1. The van der Waals surface area contributed by atoms with Crippen molar-refractivity contribution in [2.24, 2.45) is 5.41 Å². The molecule has 15 heavy (non-hydrogen) atoms. The summed E-state index contributed by atoms with van der Waals surface area (Å²) in [6.45, 7) is 3.15. The first-order valence-electron chi connectivity index (χ1n) is 5.51. The topological polar surface area (TPSA) is 45.1 Å². The molecule has 1 aliphatic carbocycles. The summed E-state index contributed by atoms with van der Waals surface area (Å²) in [5, 5.41) is 15.8. The molecule has 0 unspecified atom stereocenters. The van der Waals surface area contributed by atoms with Crippen LogP contribution in [0, 0.1) is 12.3 Å². The number of nitrogens with one attached hydrogen (secondary N) is 1. The Kier molecular flexibility index (Phi) is 3.26. The van der Waals surface area contributed by atoms with Gasteiger partial charge in [0.2, 0.25) is 0 Å². The highest BCUT2D eigenvalue weighted by atomic mass is 32.1. The number of thiazole rings is 1. The molecule has 1 saturated carbocycles. The average molecular weight is 226 g/mol. The van der Waals surface area contributed by atoms with Gasteiger partial charge < -0.3 is 10.4 Å². The summed E-state index contributed by atoms with van der Waals surface area (Å²) < 4.78 is 0. The Morgan fingerprint density at radius 1 is 1.53 bits per heavy atom. The van der Waals surface area contributed by atoms with Gasteiger partial charge in [-0.05, 0) is 19.8 Å². The molecule has 0 aromatic carbocycles. The van der Waals surface area contributed by atoms with E-state index in [2.05, 4.69) is 10.3 Å². The van der Waals surface area contributed by atoms with Crippen LogP contribution in [-0.4, -0.2) is 23.2 Å². The highest BCUT2D eigenvalue weighted by Crippen LogP contribution is 2.37. The number of aromatic nitrogens is 1. The summed E-state index contributed by atoms with van der Waals surface area (Å²) >= 11 is 1.64. The number of nitrogens with zero attached hydrogens (tertiary/aromatic N) is 1. The molecule has 1 fully saturated rings. The molecule has 0 saturated heterocycles. The summed E-state index contributed by atoms with van der Waals surface area (Å²) in [6.07, 6.45) is 4.78. The van der Waals surface area contributed by atoms with Crippen molar-refractivity contribution >= 4 is 16.5 Å². The third-order valence-electron chi connectivity index (χ3n) is 3.23. The lowest BCUT2D eigenvalue weighted by molar-refractivity contribution is 0.142. The van der Waals surface area contributed by atoms with Crippen LogP contribution in [-0.2, 0) is 0 Å². The van der Waals surface area contributed by atoms with Crippen LogP contribution in [0.3, 0.4) is 0 Å². The van der Waals surface area contributed by atoms with Crippen molar-refractivity contribution in [1.29, 1.82) is 0 Å². The summed E-state index contributed by atoms with van der Waals surface area (Å²) in [7, 11) is 0. The molecule has 1 aromatic heterocycles. The fourth-order valence-electron chi connectivity index (χ4n) is 2.21. The highest BCUT2D eigenvalue weighted by Gasteiger charge is 2.33. The minimum absolute atomic E-state index is 0.111. The Bertz CT molecular complexity index is 318. The van der Waals surface area contributed by atoms with Crippen molar-refractivity contribution in [3.63, 3.8) is 0 Å². The number of rotatable bonds is 4. The first-order chi connectivity index (χ1) is 7.24. The summed E-state index contributed by atoms with van der Waals surface area (Å²) in [5.41, 5.74) is 1.17. The third-order valence-corrected chi connectivity index (χ3v) is 4.15. The molecule has 3 nitrogen and oxygen atoms in total. The smallest absolute Gasteiger partial charge is 0.182 e. The number of aliphatic hydroxyl groups excluding tert-OH is 1. The van der Waals surface area contributed by atoms with Crippen LogP contribution in [0.1, 0.15) is 31.4 Å². The standard InChI is InChI=1S/C11H18N2OS/c1-9-6-15-10(13-9)12-7-11(8-14)4-2-3-5-11/h6,14H,2-5,7-8H2,1H3,(H,12,13). The fourth-order valence-corrected chi connectivity index (χ4v) is 2.90. The molecule has 0 radical (unpaired) electrons. The largest absolute Gasteiger partial charge is 0.396 e. The summed E-state index contributed by atoms with van der Waals surface area (Å²) in [5.74, 6) is 0. The highest BCUT2D eigenvalue weighted by molar-refractivity contribution is 7.13. The van der Waals surface area contributed by atoms with E-state index in [1.807, 2.05) is 12.3 Å². The van der Waals surface area contributed by atoms with Crippen molar-refractivity contribution < 1.29 is 5.11 Å². The van der Waals surface area contributed by atoms with Gasteiger partial charge in [0, 0.05) is 17.3 Å². The predicted octanol–water partition coefficient (Wildman–Crippen LogP) is 2.42. The van der Waals surface area contributed by atoms with Gasteiger partial charge in [-0.2, -0.15) is 0 Å². The van der Waals surface area contributed by atoms with Crippen LogP contribution in [0.15, 0.2) is 5.38 Å². The zero-order chi connectivity index (χ0) is 10.7. The number of hydrogen-bond donors (Lipinski definition) is 2. The van der Waals surface area contributed by atoms with Gasteiger partial charge >= 0.3 is 0 Å². The lowest BCUT2D eigenvalue weighted by Gasteiger charge is -2.26. The maximum absolute atomic E-state index is 9.44. The maximum Gasteiger partial charge on any atom is 0.182 e. The van der Waals surface area contributed by atoms with E-state index < -0.39 is 0 Å². The molecule has 0 aliphatic heterocycles. The van der Waals surface area contributed by atoms with Crippen LogP contribution in [0.2, 0.25) is 0 Å². The second-order valence-electron chi connectivity index (χ2n) is 4.51. The molecule has 0 spiro atoms. The number of hydrogen-bond acceptors (Lipinski definition) is 4. The van der Waals surface area contributed by atoms with E-state index in [1.165, 1.54) is 12.8 Å². The molecule has 0 atom stereocenters. The molecular formula is C11H18N2OS. The lowest BCUT2D eigenvalue weighted by atomic mass is 9.87. The van der Waals surface area contributed by atoms with Gasteiger partial charge in [0.25, 0.3) is 0 Å². The minimum Gasteiger partial charge on any atom is -0.396 e. The van der Waals surface area contributed by atoms with Crippen LogP contribution in [0.5, 0.6) is 0 Å².